The van der Waals surface area contributed by atoms with Crippen molar-refractivity contribution in [2.24, 2.45) is 5.41 Å². The van der Waals surface area contributed by atoms with Gasteiger partial charge in [0.2, 0.25) is 5.91 Å². The standard InChI is InChI=1S/C29H31Cl2N5O4/c1-4-24(37)34-20-13-40-12-19(20)33-23-9-17-16(11-32-23)8-18(35-28(17)36-14-29(15-36)6-5-7-29)25-26(30)21(38-2)10-22(39-3)27(25)31/h4,8-11,19-20H,1,5-7,12-15H2,2-3H3,(H,32,33)(H,34,37)/t19-,20+/m1/s1. The quantitative estimate of drug-likeness (QED) is 0.354. The second kappa shape index (κ2) is 10.6. The Morgan fingerprint density at radius 1 is 1.12 bits per heavy atom. The van der Waals surface area contributed by atoms with E-state index in [1.165, 1.54) is 25.3 Å². The first-order chi connectivity index (χ1) is 19.3. The van der Waals surface area contributed by atoms with Gasteiger partial charge in [0.05, 0.1) is 55.3 Å². The molecular weight excluding hydrogens is 553 g/mol. The maximum Gasteiger partial charge on any atom is 0.243 e. The third-order valence-corrected chi connectivity index (χ3v) is 8.97. The maximum atomic E-state index is 11.9. The van der Waals surface area contributed by atoms with Crippen LogP contribution in [0.5, 0.6) is 11.5 Å². The van der Waals surface area contributed by atoms with Gasteiger partial charge in [-0.1, -0.05) is 36.2 Å². The lowest BCUT2D eigenvalue weighted by atomic mass is 9.63. The topological polar surface area (TPSA) is 97.8 Å². The molecule has 1 amide bonds. The second-order valence-corrected chi connectivity index (χ2v) is 11.5. The molecule has 210 valence electrons. The highest BCUT2D eigenvalue weighted by Crippen LogP contribution is 2.51. The number of aromatic nitrogens is 2. The lowest BCUT2D eigenvalue weighted by Crippen LogP contribution is -2.60. The molecule has 2 aliphatic heterocycles. The number of pyridine rings is 2. The van der Waals surface area contributed by atoms with Gasteiger partial charge in [-0.25, -0.2) is 9.97 Å². The van der Waals surface area contributed by atoms with Gasteiger partial charge in [-0.05, 0) is 31.1 Å². The molecule has 1 aromatic carbocycles. The van der Waals surface area contributed by atoms with Crippen LogP contribution in [0, 0.1) is 5.41 Å². The predicted octanol–water partition coefficient (Wildman–Crippen LogP) is 5.09. The summed E-state index contributed by atoms with van der Waals surface area (Å²) < 4.78 is 16.6. The molecule has 2 atom stereocenters. The highest BCUT2D eigenvalue weighted by atomic mass is 35.5. The third-order valence-electron chi connectivity index (χ3n) is 8.22. The zero-order chi connectivity index (χ0) is 28.0. The van der Waals surface area contributed by atoms with Crippen molar-refractivity contribution in [1.82, 2.24) is 15.3 Å². The van der Waals surface area contributed by atoms with Crippen molar-refractivity contribution in [3.05, 3.63) is 47.1 Å². The van der Waals surface area contributed by atoms with Crippen molar-refractivity contribution in [3.63, 3.8) is 0 Å². The summed E-state index contributed by atoms with van der Waals surface area (Å²) in [6.45, 7) is 6.32. The van der Waals surface area contributed by atoms with E-state index in [0.717, 1.165) is 29.7 Å². The maximum absolute atomic E-state index is 11.9. The number of benzene rings is 1. The molecule has 1 aliphatic carbocycles. The van der Waals surface area contributed by atoms with Crippen molar-refractivity contribution in [1.29, 1.82) is 0 Å². The Hall–Kier alpha value is -3.27. The number of anilines is 2. The summed E-state index contributed by atoms with van der Waals surface area (Å²) in [6, 6.07) is 5.29. The van der Waals surface area contributed by atoms with Crippen molar-refractivity contribution < 1.29 is 19.0 Å². The first-order valence-corrected chi connectivity index (χ1v) is 14.0. The molecule has 4 heterocycles. The lowest BCUT2D eigenvalue weighted by Gasteiger charge is -2.56. The van der Waals surface area contributed by atoms with E-state index in [1.807, 2.05) is 18.3 Å². The molecule has 40 heavy (non-hydrogen) atoms. The molecule has 2 N–H and O–H groups in total. The van der Waals surface area contributed by atoms with Crippen LogP contribution in [-0.2, 0) is 9.53 Å². The number of hydrogen-bond donors (Lipinski definition) is 2. The number of carbonyl (C=O) groups is 1. The highest BCUT2D eigenvalue weighted by molar-refractivity contribution is 6.41. The van der Waals surface area contributed by atoms with E-state index in [2.05, 4.69) is 22.1 Å². The number of amides is 1. The van der Waals surface area contributed by atoms with Crippen molar-refractivity contribution in [2.45, 2.75) is 31.3 Å². The van der Waals surface area contributed by atoms with Crippen molar-refractivity contribution >= 4 is 51.5 Å². The van der Waals surface area contributed by atoms with Crippen LogP contribution in [0.25, 0.3) is 22.0 Å². The van der Waals surface area contributed by atoms with Gasteiger partial charge in [0.15, 0.2) is 0 Å². The summed E-state index contributed by atoms with van der Waals surface area (Å²) >= 11 is 13.5. The van der Waals surface area contributed by atoms with Crippen LogP contribution < -0.4 is 25.0 Å². The third kappa shape index (κ3) is 4.70. The molecule has 0 radical (unpaired) electrons. The zero-order valence-corrected chi connectivity index (χ0v) is 23.9. The van der Waals surface area contributed by atoms with Gasteiger partial charge in [0, 0.05) is 47.1 Å². The number of methoxy groups -OCH3 is 2. The molecule has 3 fully saturated rings. The Balaban J connectivity index is 1.41. The van der Waals surface area contributed by atoms with Crippen molar-refractivity contribution in [3.8, 4) is 22.8 Å². The molecule has 6 rings (SSSR count). The summed E-state index contributed by atoms with van der Waals surface area (Å²) in [5, 5.41) is 8.95. The van der Waals surface area contributed by atoms with Gasteiger partial charge >= 0.3 is 0 Å². The second-order valence-electron chi connectivity index (χ2n) is 10.7. The molecule has 3 aliphatic rings. The number of nitrogens with one attached hydrogen (secondary N) is 2. The van der Waals surface area contributed by atoms with Crippen molar-refractivity contribution in [2.75, 3.05) is 50.7 Å². The van der Waals surface area contributed by atoms with Gasteiger partial charge in [0.1, 0.15) is 23.1 Å². The Kier molecular flexibility index (Phi) is 7.14. The van der Waals surface area contributed by atoms with Crippen LogP contribution in [0.1, 0.15) is 19.3 Å². The van der Waals surface area contributed by atoms with E-state index in [9.17, 15) is 4.79 Å². The number of hydrogen-bond acceptors (Lipinski definition) is 8. The van der Waals surface area contributed by atoms with Gasteiger partial charge in [-0.15, -0.1) is 0 Å². The first-order valence-electron chi connectivity index (χ1n) is 13.3. The minimum absolute atomic E-state index is 0.131. The van der Waals surface area contributed by atoms with E-state index < -0.39 is 0 Å². The van der Waals surface area contributed by atoms with Gasteiger partial charge in [-0.2, -0.15) is 0 Å². The van der Waals surface area contributed by atoms with E-state index >= 15 is 0 Å². The number of fused-ring (bicyclic) bond motifs is 1. The molecular formula is C29H31Cl2N5O4. The van der Waals surface area contributed by atoms with Crippen LogP contribution in [0.15, 0.2) is 37.1 Å². The molecule has 3 aromatic rings. The Bertz CT molecular complexity index is 1460. The molecule has 2 saturated heterocycles. The minimum Gasteiger partial charge on any atom is -0.495 e. The summed E-state index contributed by atoms with van der Waals surface area (Å²) in [7, 11) is 3.11. The van der Waals surface area contributed by atoms with E-state index in [0.29, 0.717) is 57.2 Å². The SMILES string of the molecule is C=CC(=O)N[C@H]1COC[C@H]1Nc1cc2c(N3CC4(CCC4)C3)nc(-c3c(Cl)c(OC)cc(OC)c3Cl)cc2cn1. The average molecular weight is 585 g/mol. The summed E-state index contributed by atoms with van der Waals surface area (Å²) in [5.41, 5.74) is 1.56. The molecule has 2 aromatic heterocycles. The summed E-state index contributed by atoms with van der Waals surface area (Å²) in [5.74, 6) is 2.20. The zero-order valence-electron chi connectivity index (χ0n) is 22.4. The normalized spacial score (nSPS) is 21.1. The summed E-state index contributed by atoms with van der Waals surface area (Å²) in [4.78, 5) is 24.0. The molecule has 1 saturated carbocycles. The van der Waals surface area contributed by atoms with Crippen LogP contribution in [-0.4, -0.2) is 68.5 Å². The smallest absolute Gasteiger partial charge is 0.243 e. The number of rotatable bonds is 8. The van der Waals surface area contributed by atoms with Crippen LogP contribution in [0.3, 0.4) is 0 Å². The molecule has 9 nitrogen and oxygen atoms in total. The predicted molar refractivity (Wildman–Crippen MR) is 157 cm³/mol. The summed E-state index contributed by atoms with van der Waals surface area (Å²) in [6.07, 6.45) is 6.86. The largest absolute Gasteiger partial charge is 0.495 e. The van der Waals surface area contributed by atoms with E-state index in [-0.39, 0.29) is 18.0 Å². The number of carbonyl (C=O) groups excluding carboxylic acids is 1. The first kappa shape index (κ1) is 26.9. The van der Waals surface area contributed by atoms with Gasteiger partial charge in [-0.3, -0.25) is 4.79 Å². The van der Waals surface area contributed by atoms with Gasteiger partial charge in [0.25, 0.3) is 0 Å². The fraction of sp³-hybridized carbons (Fsp3) is 0.414. The van der Waals surface area contributed by atoms with Gasteiger partial charge < -0.3 is 29.7 Å². The molecule has 0 unspecified atom stereocenters. The number of ether oxygens (including phenoxy) is 3. The number of nitrogens with zero attached hydrogens (tertiary/aromatic N) is 3. The monoisotopic (exact) mass is 583 g/mol. The fourth-order valence-corrected chi connectivity index (χ4v) is 6.56. The number of halogens is 2. The minimum atomic E-state index is -0.234. The van der Waals surface area contributed by atoms with Crippen LogP contribution >= 0.6 is 23.2 Å². The van der Waals surface area contributed by atoms with E-state index in [4.69, 9.17) is 47.4 Å². The highest BCUT2D eigenvalue weighted by Gasteiger charge is 2.48. The molecule has 1 spiro atoms. The Morgan fingerprint density at radius 2 is 1.82 bits per heavy atom. The molecule has 0 bridgehead atoms. The Morgan fingerprint density at radius 3 is 2.45 bits per heavy atom. The fourth-order valence-electron chi connectivity index (χ4n) is 5.86. The van der Waals surface area contributed by atoms with E-state index in [1.54, 1.807) is 20.3 Å². The van der Waals surface area contributed by atoms with Crippen LogP contribution in [0.2, 0.25) is 10.0 Å². The Labute approximate surface area is 242 Å². The average Bonchev–Trinajstić information content (AvgIpc) is 3.33. The lowest BCUT2D eigenvalue weighted by molar-refractivity contribution is -0.117. The molecule has 11 heteroatoms. The van der Waals surface area contributed by atoms with Crippen LogP contribution in [0.4, 0.5) is 11.6 Å².